The van der Waals surface area contributed by atoms with Crippen LogP contribution in [0.15, 0.2) is 12.1 Å². The van der Waals surface area contributed by atoms with Gasteiger partial charge in [-0.1, -0.05) is 32.9 Å². The molecule has 1 aliphatic heterocycles. The zero-order valence-electron chi connectivity index (χ0n) is 12.3. The monoisotopic (exact) mass is 280 g/mol. The molecule has 1 saturated heterocycles. The summed E-state index contributed by atoms with van der Waals surface area (Å²) >= 11 is 6.80. The number of benzene rings is 1. The number of alkyl halides is 1. The first kappa shape index (κ1) is 14.9. The minimum Gasteiger partial charge on any atom is -0.381 e. The molecule has 0 saturated carbocycles. The average Bonchev–Trinajstić information content (AvgIpc) is 2.99. The Kier molecular flexibility index (Phi) is 5.29. The van der Waals surface area contributed by atoms with Gasteiger partial charge in [0.05, 0.1) is 12.0 Å². The highest BCUT2D eigenvalue weighted by Gasteiger charge is 2.28. The van der Waals surface area contributed by atoms with E-state index < -0.39 is 0 Å². The lowest BCUT2D eigenvalue weighted by molar-refractivity contribution is 0.185. The largest absolute Gasteiger partial charge is 0.381 e. The van der Waals surface area contributed by atoms with Crippen molar-refractivity contribution in [1.82, 2.24) is 0 Å². The maximum Gasteiger partial charge on any atom is 0.0641 e. The van der Waals surface area contributed by atoms with Gasteiger partial charge in [0.25, 0.3) is 0 Å². The highest BCUT2D eigenvalue weighted by Crippen LogP contribution is 2.38. The van der Waals surface area contributed by atoms with Gasteiger partial charge in [0, 0.05) is 12.5 Å². The molecule has 0 aromatic heterocycles. The Morgan fingerprint density at radius 2 is 1.79 bits per heavy atom. The van der Waals surface area contributed by atoms with Crippen molar-refractivity contribution in [3.05, 3.63) is 34.4 Å². The summed E-state index contributed by atoms with van der Waals surface area (Å²) in [6, 6.07) is 4.69. The Bertz CT molecular complexity index is 396. The zero-order chi connectivity index (χ0) is 13.8. The van der Waals surface area contributed by atoms with Crippen LogP contribution in [0, 0.1) is 5.92 Å². The fraction of sp³-hybridized carbons (Fsp3) is 0.647. The molecular formula is C17H25ClO. The van der Waals surface area contributed by atoms with Gasteiger partial charge < -0.3 is 4.74 Å². The highest BCUT2D eigenvalue weighted by molar-refractivity contribution is 6.21. The van der Waals surface area contributed by atoms with Crippen LogP contribution < -0.4 is 0 Å². The molecule has 0 bridgehead atoms. The maximum absolute atomic E-state index is 6.80. The van der Waals surface area contributed by atoms with Crippen LogP contribution >= 0.6 is 11.6 Å². The van der Waals surface area contributed by atoms with Crippen LogP contribution in [0.2, 0.25) is 0 Å². The average molecular weight is 281 g/mol. The Labute approximate surface area is 122 Å². The molecule has 0 aliphatic carbocycles. The Morgan fingerprint density at radius 3 is 2.21 bits per heavy atom. The fourth-order valence-corrected chi connectivity index (χ4v) is 3.49. The van der Waals surface area contributed by atoms with Crippen LogP contribution in [0.4, 0.5) is 0 Å². The lowest BCUT2D eigenvalue weighted by atomic mass is 9.87. The molecule has 1 aromatic carbocycles. The molecule has 2 heteroatoms. The maximum atomic E-state index is 6.80. The van der Waals surface area contributed by atoms with E-state index >= 15 is 0 Å². The van der Waals surface area contributed by atoms with Gasteiger partial charge in [0.2, 0.25) is 0 Å². The number of hydrogen-bond acceptors (Lipinski definition) is 1. The molecular weight excluding hydrogens is 256 g/mol. The molecule has 2 atom stereocenters. The van der Waals surface area contributed by atoms with Gasteiger partial charge in [0.1, 0.15) is 0 Å². The molecule has 1 aliphatic rings. The molecule has 2 rings (SSSR count). The second-order valence-electron chi connectivity index (χ2n) is 5.41. The summed E-state index contributed by atoms with van der Waals surface area (Å²) in [7, 11) is 0. The van der Waals surface area contributed by atoms with Gasteiger partial charge >= 0.3 is 0 Å². The van der Waals surface area contributed by atoms with Gasteiger partial charge in [-0.3, -0.25) is 0 Å². The minimum atomic E-state index is 0.110. The van der Waals surface area contributed by atoms with Gasteiger partial charge in [-0.25, -0.2) is 0 Å². The Balaban J connectivity index is 2.40. The van der Waals surface area contributed by atoms with Crippen molar-refractivity contribution in [1.29, 1.82) is 0 Å². The Hall–Kier alpha value is -0.530. The molecule has 1 heterocycles. The van der Waals surface area contributed by atoms with Gasteiger partial charge in [-0.2, -0.15) is 0 Å². The third-order valence-electron chi connectivity index (χ3n) is 4.24. The minimum absolute atomic E-state index is 0.110. The topological polar surface area (TPSA) is 9.23 Å². The summed E-state index contributed by atoms with van der Waals surface area (Å²) in [4.78, 5) is 0. The molecule has 0 N–H and O–H groups in total. The third-order valence-corrected chi connectivity index (χ3v) is 4.81. The molecule has 19 heavy (non-hydrogen) atoms. The van der Waals surface area contributed by atoms with Crippen molar-refractivity contribution in [3.63, 3.8) is 0 Å². The number of hydrogen-bond donors (Lipinski definition) is 0. The van der Waals surface area contributed by atoms with Crippen molar-refractivity contribution in [2.75, 3.05) is 13.2 Å². The van der Waals surface area contributed by atoms with Crippen molar-refractivity contribution in [2.45, 2.75) is 51.8 Å². The van der Waals surface area contributed by atoms with E-state index in [0.717, 1.165) is 38.9 Å². The van der Waals surface area contributed by atoms with Gasteiger partial charge in [-0.15, -0.1) is 11.6 Å². The summed E-state index contributed by atoms with van der Waals surface area (Å²) in [6.45, 7) is 8.36. The second kappa shape index (κ2) is 6.76. The zero-order valence-corrected chi connectivity index (χ0v) is 13.1. The lowest BCUT2D eigenvalue weighted by Crippen LogP contribution is -2.13. The van der Waals surface area contributed by atoms with Crippen LogP contribution in [-0.4, -0.2) is 13.2 Å². The van der Waals surface area contributed by atoms with Crippen LogP contribution in [0.3, 0.4) is 0 Å². The lowest BCUT2D eigenvalue weighted by Gasteiger charge is -2.23. The Morgan fingerprint density at radius 1 is 1.16 bits per heavy atom. The standard InChI is InChI=1S/C17H25ClO/c1-4-12-9-13(5-2)16(14(6-3)10-12)17(18)15-7-8-19-11-15/h9-10,15,17H,4-8,11H2,1-3H3. The van der Waals surface area contributed by atoms with E-state index in [1.54, 1.807) is 0 Å². The van der Waals surface area contributed by atoms with Crippen molar-refractivity contribution < 1.29 is 4.74 Å². The van der Waals surface area contributed by atoms with E-state index in [-0.39, 0.29) is 5.38 Å². The van der Waals surface area contributed by atoms with Crippen LogP contribution in [0.5, 0.6) is 0 Å². The van der Waals surface area contributed by atoms with Crippen molar-refractivity contribution in [3.8, 4) is 0 Å². The summed E-state index contributed by atoms with van der Waals surface area (Å²) in [5, 5.41) is 0.110. The normalized spacial score (nSPS) is 20.7. The number of halogens is 1. The van der Waals surface area contributed by atoms with E-state index in [2.05, 4.69) is 32.9 Å². The molecule has 1 fully saturated rings. The fourth-order valence-electron chi connectivity index (χ4n) is 3.01. The quantitative estimate of drug-likeness (QED) is 0.711. The molecule has 2 unspecified atom stereocenters. The van der Waals surface area contributed by atoms with Crippen LogP contribution in [0.1, 0.15) is 54.8 Å². The predicted octanol–water partition coefficient (Wildman–Crippen LogP) is 4.69. The van der Waals surface area contributed by atoms with E-state index in [1.165, 1.54) is 22.3 Å². The first-order valence-electron chi connectivity index (χ1n) is 7.57. The third kappa shape index (κ3) is 3.14. The molecule has 0 amide bonds. The van der Waals surface area contributed by atoms with Gasteiger partial charge in [0.15, 0.2) is 0 Å². The number of aryl methyl sites for hydroxylation is 3. The van der Waals surface area contributed by atoms with Crippen molar-refractivity contribution >= 4 is 11.6 Å². The van der Waals surface area contributed by atoms with E-state index in [1.807, 2.05) is 0 Å². The summed E-state index contributed by atoms with van der Waals surface area (Å²) in [5.41, 5.74) is 5.69. The van der Waals surface area contributed by atoms with E-state index in [9.17, 15) is 0 Å². The molecule has 1 nitrogen and oxygen atoms in total. The van der Waals surface area contributed by atoms with E-state index in [0.29, 0.717) is 5.92 Å². The molecule has 1 aromatic rings. The van der Waals surface area contributed by atoms with Gasteiger partial charge in [-0.05, 0) is 47.9 Å². The smallest absolute Gasteiger partial charge is 0.0641 e. The van der Waals surface area contributed by atoms with E-state index in [4.69, 9.17) is 16.3 Å². The van der Waals surface area contributed by atoms with Crippen molar-refractivity contribution in [2.24, 2.45) is 5.92 Å². The molecule has 106 valence electrons. The number of ether oxygens (including phenoxy) is 1. The summed E-state index contributed by atoms with van der Waals surface area (Å²) < 4.78 is 5.51. The van der Waals surface area contributed by atoms with Crippen LogP contribution in [0.25, 0.3) is 0 Å². The first-order chi connectivity index (χ1) is 9.21. The molecule has 0 spiro atoms. The highest BCUT2D eigenvalue weighted by atomic mass is 35.5. The predicted molar refractivity (Wildman–Crippen MR) is 82.1 cm³/mol. The molecule has 0 radical (unpaired) electrons. The SMILES string of the molecule is CCc1cc(CC)c(C(Cl)C2CCOC2)c(CC)c1. The second-order valence-corrected chi connectivity index (χ2v) is 5.88. The number of rotatable bonds is 5. The summed E-state index contributed by atoms with van der Waals surface area (Å²) in [5.74, 6) is 0.477. The first-order valence-corrected chi connectivity index (χ1v) is 8.01. The summed E-state index contributed by atoms with van der Waals surface area (Å²) in [6.07, 6.45) is 4.32. The van der Waals surface area contributed by atoms with Crippen LogP contribution in [-0.2, 0) is 24.0 Å².